The van der Waals surface area contributed by atoms with Crippen molar-refractivity contribution >= 4 is 35.4 Å². The van der Waals surface area contributed by atoms with Crippen molar-refractivity contribution in [2.45, 2.75) is 124 Å². The van der Waals surface area contributed by atoms with Crippen LogP contribution in [0.25, 0.3) is 0 Å². The summed E-state index contributed by atoms with van der Waals surface area (Å²) in [5.74, 6) is -2.44. The number of carbonyl (C=O) groups is 6. The molecule has 4 N–H and O–H groups in total. The van der Waals surface area contributed by atoms with Crippen LogP contribution in [0, 0.1) is 28.6 Å². The van der Waals surface area contributed by atoms with Gasteiger partial charge in [-0.3, -0.25) is 24.0 Å². The van der Waals surface area contributed by atoms with Gasteiger partial charge in [0, 0.05) is 31.7 Å². The molecule has 2 heterocycles. The van der Waals surface area contributed by atoms with Crippen LogP contribution in [0.3, 0.4) is 0 Å². The number of nitrogens with one attached hydrogen (secondary N) is 4. The Kier molecular flexibility index (Phi) is 12.4. The van der Waals surface area contributed by atoms with Gasteiger partial charge in [0.1, 0.15) is 12.1 Å². The largest absolute Gasteiger partial charge is 0.346 e. The molecule has 6 amide bonds. The highest BCUT2D eigenvalue weighted by Crippen LogP contribution is 2.65. The molecule has 12 nitrogen and oxygen atoms in total. The molecule has 12 heteroatoms. The highest BCUT2D eigenvalue weighted by Gasteiger charge is 2.69. The van der Waals surface area contributed by atoms with Gasteiger partial charge in [-0.2, -0.15) is 0 Å². The summed E-state index contributed by atoms with van der Waals surface area (Å²) in [6, 6.07) is 3.92. The van der Waals surface area contributed by atoms with Gasteiger partial charge < -0.3 is 31.1 Å². The van der Waals surface area contributed by atoms with Crippen molar-refractivity contribution in [2.75, 3.05) is 19.6 Å². The molecule has 0 aromatic heterocycles. The molecule has 2 aliphatic heterocycles. The van der Waals surface area contributed by atoms with E-state index >= 15 is 0 Å². The van der Waals surface area contributed by atoms with Crippen molar-refractivity contribution in [3.8, 4) is 0 Å². The Morgan fingerprint density at radius 3 is 2.36 bits per heavy atom. The summed E-state index contributed by atoms with van der Waals surface area (Å²) in [5.41, 5.74) is 1.05. The fourth-order valence-electron chi connectivity index (χ4n) is 8.74. The molecule has 0 bridgehead atoms. The topological polar surface area (TPSA) is 157 Å². The van der Waals surface area contributed by atoms with Crippen molar-refractivity contribution in [1.82, 2.24) is 31.1 Å². The van der Waals surface area contributed by atoms with Crippen LogP contribution < -0.4 is 21.3 Å². The lowest BCUT2D eigenvalue weighted by Gasteiger charge is -2.38. The second-order valence-corrected chi connectivity index (χ2v) is 17.2. The van der Waals surface area contributed by atoms with Crippen molar-refractivity contribution in [3.05, 3.63) is 48.0 Å². The number of amides is 6. The molecular formula is C41H60N6O6. The zero-order valence-electron chi connectivity index (χ0n) is 32.5. The SMILES string of the molecule is C=CCNC(=O)C(=O)C(CCCC)NC(=O)[C@@H]1[C@@H]2[C@H](CN1C(=O)[C@@H](NC(=O)N[C@H](CN1Cc3ccccc3C1=O)C(C)(C)C)C1CCCCC1)C2(C)C. The molecular weight excluding hydrogens is 672 g/mol. The van der Waals surface area contributed by atoms with Gasteiger partial charge in [0.05, 0.1) is 12.1 Å². The third-order valence-electron chi connectivity index (χ3n) is 12.2. The van der Waals surface area contributed by atoms with E-state index in [2.05, 4.69) is 41.7 Å². The van der Waals surface area contributed by atoms with Gasteiger partial charge in [-0.25, -0.2) is 4.79 Å². The Labute approximate surface area is 314 Å². The van der Waals surface area contributed by atoms with Crippen LogP contribution in [0.2, 0.25) is 0 Å². The first-order valence-electron chi connectivity index (χ1n) is 19.6. The summed E-state index contributed by atoms with van der Waals surface area (Å²) < 4.78 is 0. The Balaban J connectivity index is 1.34. The normalized spacial score (nSPS) is 23.6. The molecule has 6 atom stereocenters. The van der Waals surface area contributed by atoms with Crippen LogP contribution in [0.15, 0.2) is 36.9 Å². The lowest BCUT2D eigenvalue weighted by molar-refractivity contribution is -0.144. The molecule has 1 aromatic rings. The van der Waals surface area contributed by atoms with Crippen LogP contribution >= 0.6 is 0 Å². The molecule has 4 aliphatic rings. The number of Topliss-reactive ketones (excluding diaryl/α,β-unsaturated/α-hetero) is 1. The minimum Gasteiger partial charge on any atom is -0.346 e. The lowest BCUT2D eigenvalue weighted by Crippen LogP contribution is -2.61. The number of ketones is 1. The number of benzene rings is 1. The predicted octanol–water partition coefficient (Wildman–Crippen LogP) is 4.33. The molecule has 0 radical (unpaired) electrons. The molecule has 3 fully saturated rings. The molecule has 1 unspecified atom stereocenters. The maximum absolute atomic E-state index is 14.7. The second-order valence-electron chi connectivity index (χ2n) is 17.2. The third kappa shape index (κ3) is 8.78. The Bertz CT molecular complexity index is 1580. The van der Waals surface area contributed by atoms with Crippen LogP contribution in [0.5, 0.6) is 0 Å². The molecule has 53 heavy (non-hydrogen) atoms. The Hall–Kier alpha value is -4.22. The number of unbranched alkanes of at least 4 members (excludes halogenated alkanes) is 1. The van der Waals surface area contributed by atoms with Crippen molar-refractivity contribution < 1.29 is 28.8 Å². The first-order chi connectivity index (χ1) is 25.1. The van der Waals surface area contributed by atoms with Gasteiger partial charge in [-0.05, 0) is 59.5 Å². The zero-order valence-corrected chi connectivity index (χ0v) is 32.5. The number of nitrogens with zero attached hydrogens (tertiary/aromatic N) is 2. The number of piperidine rings is 1. The summed E-state index contributed by atoms with van der Waals surface area (Å²) in [5, 5.41) is 11.6. The number of rotatable bonds is 15. The summed E-state index contributed by atoms with van der Waals surface area (Å²) in [6.45, 7) is 17.1. The van der Waals surface area contributed by atoms with E-state index in [1.165, 1.54) is 6.08 Å². The van der Waals surface area contributed by atoms with Crippen molar-refractivity contribution in [1.29, 1.82) is 0 Å². The maximum atomic E-state index is 14.7. The van der Waals surface area contributed by atoms with E-state index in [1.54, 1.807) is 9.80 Å². The monoisotopic (exact) mass is 732 g/mol. The number of likely N-dealkylation sites (tertiary alicyclic amines) is 1. The van der Waals surface area contributed by atoms with Crippen LogP contribution in [-0.4, -0.2) is 89.0 Å². The lowest BCUT2D eigenvalue weighted by atomic mass is 9.83. The van der Waals surface area contributed by atoms with E-state index in [9.17, 15) is 28.8 Å². The first-order valence-corrected chi connectivity index (χ1v) is 19.6. The number of urea groups is 1. The smallest absolute Gasteiger partial charge is 0.315 e. The Morgan fingerprint density at radius 2 is 1.72 bits per heavy atom. The number of carbonyl (C=O) groups excluding carboxylic acids is 6. The first kappa shape index (κ1) is 40.0. The van der Waals surface area contributed by atoms with E-state index in [0.29, 0.717) is 38.0 Å². The maximum Gasteiger partial charge on any atom is 0.315 e. The third-order valence-corrected chi connectivity index (χ3v) is 12.2. The average molecular weight is 733 g/mol. The second kappa shape index (κ2) is 16.4. The molecule has 2 aliphatic carbocycles. The molecule has 0 spiro atoms. The fraction of sp³-hybridized carbons (Fsp3) is 0.659. The quantitative estimate of drug-likeness (QED) is 0.155. The fourth-order valence-corrected chi connectivity index (χ4v) is 8.74. The zero-order chi connectivity index (χ0) is 38.7. The molecule has 1 saturated heterocycles. The minimum absolute atomic E-state index is 0.0665. The van der Waals surface area contributed by atoms with E-state index in [4.69, 9.17) is 0 Å². The molecule has 1 aromatic carbocycles. The van der Waals surface area contributed by atoms with E-state index < -0.39 is 53.2 Å². The van der Waals surface area contributed by atoms with Crippen LogP contribution in [-0.2, 0) is 25.7 Å². The van der Waals surface area contributed by atoms with Crippen LogP contribution in [0.1, 0.15) is 109 Å². The Morgan fingerprint density at radius 1 is 1.02 bits per heavy atom. The van der Waals surface area contributed by atoms with Crippen molar-refractivity contribution in [2.24, 2.45) is 28.6 Å². The summed E-state index contributed by atoms with van der Waals surface area (Å²) in [4.78, 5) is 85.3. The number of hydrogen-bond donors (Lipinski definition) is 4. The molecule has 5 rings (SSSR count). The molecule has 290 valence electrons. The average Bonchev–Trinajstić information content (AvgIpc) is 3.40. The van der Waals surface area contributed by atoms with Gasteiger partial charge >= 0.3 is 6.03 Å². The number of fused-ring (bicyclic) bond motifs is 2. The van der Waals surface area contributed by atoms with E-state index in [-0.39, 0.29) is 41.5 Å². The van der Waals surface area contributed by atoms with Gasteiger partial charge in [0.25, 0.3) is 11.8 Å². The van der Waals surface area contributed by atoms with Gasteiger partial charge in [0.15, 0.2) is 0 Å². The van der Waals surface area contributed by atoms with Gasteiger partial charge in [-0.1, -0.05) is 97.9 Å². The van der Waals surface area contributed by atoms with Gasteiger partial charge in [0.2, 0.25) is 17.6 Å². The summed E-state index contributed by atoms with van der Waals surface area (Å²) in [7, 11) is 0. The standard InChI is InChI=1S/C41H60N6O6/c1-8-10-20-29(34(48)36(50)42-21-9-2)43-35(49)33-31-28(41(31,6)7)23-47(33)38(52)32(25-16-12-11-13-17-25)45-39(53)44-30(40(3,4)5)24-46-22-26-18-14-15-19-27(26)37(46)51/h9,14-15,18-19,25,28-33H,2,8,10-13,16-17,20-24H2,1,3-7H3,(H,42,50)(H,43,49)(H2,44,45,53)/t28-,29?,30+,31-,32-,33-/m0/s1. The summed E-state index contributed by atoms with van der Waals surface area (Å²) in [6.07, 6.45) is 7.68. The predicted molar refractivity (Wildman–Crippen MR) is 202 cm³/mol. The van der Waals surface area contributed by atoms with Crippen molar-refractivity contribution in [3.63, 3.8) is 0 Å². The number of hydrogen-bond acceptors (Lipinski definition) is 6. The minimum atomic E-state index is -1.02. The van der Waals surface area contributed by atoms with E-state index in [0.717, 1.165) is 44.1 Å². The highest BCUT2D eigenvalue weighted by atomic mass is 16.2. The van der Waals surface area contributed by atoms with E-state index in [1.807, 2.05) is 52.0 Å². The highest BCUT2D eigenvalue weighted by molar-refractivity contribution is 6.38. The molecule has 2 saturated carbocycles. The summed E-state index contributed by atoms with van der Waals surface area (Å²) >= 11 is 0. The van der Waals surface area contributed by atoms with Crippen LogP contribution in [0.4, 0.5) is 4.79 Å². The van der Waals surface area contributed by atoms with Gasteiger partial charge in [-0.15, -0.1) is 6.58 Å².